The minimum Gasteiger partial charge on any atom is -0.475 e. The molecule has 3 heterocycles. The third-order valence-electron chi connectivity index (χ3n) is 9.69. The number of piperazine rings is 1. The molecular weight excluding hydrogens is 692 g/mol. The summed E-state index contributed by atoms with van der Waals surface area (Å²) < 4.78 is 32.8. The largest absolute Gasteiger partial charge is 0.490 e. The molecule has 1 aliphatic carbocycles. The predicted octanol–water partition coefficient (Wildman–Crippen LogP) is 6.61. The Labute approximate surface area is 306 Å². The van der Waals surface area contributed by atoms with Crippen LogP contribution in [0.15, 0.2) is 79.1 Å². The zero-order valence-electron chi connectivity index (χ0n) is 29.3. The smallest absolute Gasteiger partial charge is 0.475 e. The number of aryl methyl sites for hydroxylation is 1. The van der Waals surface area contributed by atoms with Gasteiger partial charge in [0.2, 0.25) is 5.91 Å². The number of rotatable bonds is 12. The highest BCUT2D eigenvalue weighted by atomic mass is 32.1. The highest BCUT2D eigenvalue weighted by Crippen LogP contribution is 2.32. The van der Waals surface area contributed by atoms with Crippen molar-refractivity contribution in [2.45, 2.75) is 76.2 Å². The number of amides is 2. The number of hydrogen-bond acceptors (Lipinski definition) is 7. The van der Waals surface area contributed by atoms with E-state index in [4.69, 9.17) is 9.90 Å². The molecule has 3 N–H and O–H groups in total. The minimum absolute atomic E-state index is 0.00885. The fraction of sp³-hybridized carbons (Fsp3) is 0.436. The number of hydrogen-bond donors (Lipinski definition) is 3. The van der Waals surface area contributed by atoms with Gasteiger partial charge in [-0.25, -0.2) is 4.79 Å². The van der Waals surface area contributed by atoms with Crippen molar-refractivity contribution in [1.82, 2.24) is 25.4 Å². The highest BCUT2D eigenvalue weighted by molar-refractivity contribution is 7.20. The van der Waals surface area contributed by atoms with Gasteiger partial charge in [0, 0.05) is 55.9 Å². The van der Waals surface area contributed by atoms with E-state index in [0.717, 1.165) is 81.5 Å². The molecule has 1 aliphatic heterocycles. The number of halogens is 3. The summed E-state index contributed by atoms with van der Waals surface area (Å²) in [4.78, 5) is 46.3. The van der Waals surface area contributed by atoms with Crippen molar-refractivity contribution in [3.63, 3.8) is 0 Å². The van der Waals surface area contributed by atoms with E-state index >= 15 is 0 Å². The van der Waals surface area contributed by atoms with Crippen LogP contribution in [0.1, 0.15) is 64.9 Å². The summed E-state index contributed by atoms with van der Waals surface area (Å²) in [5.74, 6) is -2.93. The van der Waals surface area contributed by atoms with Crippen molar-refractivity contribution >= 4 is 39.2 Å². The number of carbonyl (C=O) groups excluding carboxylic acids is 2. The molecule has 4 aromatic rings. The Hall–Kier alpha value is -4.33. The van der Waals surface area contributed by atoms with Crippen LogP contribution in [-0.2, 0) is 22.6 Å². The lowest BCUT2D eigenvalue weighted by Crippen LogP contribution is -2.59. The molecule has 9 nitrogen and oxygen atoms in total. The number of aromatic nitrogens is 1. The number of carboxylic acid groups (broad SMARTS) is 1. The van der Waals surface area contributed by atoms with Gasteiger partial charge in [0.15, 0.2) is 0 Å². The first-order chi connectivity index (χ1) is 24.9. The van der Waals surface area contributed by atoms with E-state index in [-0.39, 0.29) is 17.9 Å². The van der Waals surface area contributed by atoms with Gasteiger partial charge in [0.25, 0.3) is 5.91 Å². The Kier molecular flexibility index (Phi) is 13.4. The van der Waals surface area contributed by atoms with Gasteiger partial charge in [-0.05, 0) is 91.9 Å². The maximum Gasteiger partial charge on any atom is 0.490 e. The number of benzene rings is 2. The van der Waals surface area contributed by atoms with Crippen LogP contribution in [-0.4, -0.2) is 88.2 Å². The van der Waals surface area contributed by atoms with E-state index in [2.05, 4.69) is 86.9 Å². The van der Waals surface area contributed by atoms with E-state index in [1.165, 1.54) is 28.0 Å². The van der Waals surface area contributed by atoms with E-state index in [9.17, 15) is 22.8 Å². The quantitative estimate of drug-likeness (QED) is 0.150. The van der Waals surface area contributed by atoms with Gasteiger partial charge in [-0.2, -0.15) is 13.2 Å². The van der Waals surface area contributed by atoms with Gasteiger partial charge in [0.1, 0.15) is 5.54 Å². The molecule has 13 heteroatoms. The number of thiophene rings is 1. The minimum atomic E-state index is -5.08. The molecule has 2 aliphatic rings. The van der Waals surface area contributed by atoms with Crippen LogP contribution in [0.5, 0.6) is 0 Å². The molecule has 0 unspecified atom stereocenters. The molecule has 1 saturated carbocycles. The van der Waals surface area contributed by atoms with Crippen LogP contribution in [0.3, 0.4) is 0 Å². The Morgan fingerprint density at radius 1 is 0.923 bits per heavy atom. The van der Waals surface area contributed by atoms with Crippen molar-refractivity contribution in [1.29, 1.82) is 0 Å². The van der Waals surface area contributed by atoms with Crippen LogP contribution in [0.25, 0.3) is 10.1 Å². The third-order valence-corrected chi connectivity index (χ3v) is 10.8. The molecule has 0 bridgehead atoms. The second kappa shape index (κ2) is 17.9. The van der Waals surface area contributed by atoms with Crippen molar-refractivity contribution < 1.29 is 32.7 Å². The summed E-state index contributed by atoms with van der Waals surface area (Å²) in [6, 6.07) is 22.8. The number of nitrogens with one attached hydrogen (secondary N) is 2. The fourth-order valence-electron chi connectivity index (χ4n) is 6.84. The number of carbonyl (C=O) groups is 3. The number of carboxylic acids is 1. The van der Waals surface area contributed by atoms with Crippen molar-refractivity contribution in [3.8, 4) is 0 Å². The Morgan fingerprint density at radius 3 is 2.23 bits per heavy atom. The number of alkyl halides is 3. The second-order valence-corrected chi connectivity index (χ2v) is 14.8. The first-order valence-electron chi connectivity index (χ1n) is 17.7. The van der Waals surface area contributed by atoms with Gasteiger partial charge in [-0.1, -0.05) is 55.3 Å². The fourth-order valence-corrected chi connectivity index (χ4v) is 7.90. The van der Waals surface area contributed by atoms with E-state index in [1.807, 2.05) is 24.5 Å². The predicted molar refractivity (Wildman–Crippen MR) is 196 cm³/mol. The Morgan fingerprint density at radius 2 is 1.58 bits per heavy atom. The highest BCUT2D eigenvalue weighted by Gasteiger charge is 2.43. The van der Waals surface area contributed by atoms with Crippen molar-refractivity contribution in [2.24, 2.45) is 0 Å². The summed E-state index contributed by atoms with van der Waals surface area (Å²) in [6.07, 6.45) is 4.58. The van der Waals surface area contributed by atoms with E-state index in [1.54, 1.807) is 0 Å². The lowest BCUT2D eigenvalue weighted by molar-refractivity contribution is -0.192. The number of pyridine rings is 1. The molecule has 0 radical (unpaired) electrons. The summed E-state index contributed by atoms with van der Waals surface area (Å²) in [7, 11) is 0. The average Bonchev–Trinajstić information content (AvgIpc) is 3.78. The summed E-state index contributed by atoms with van der Waals surface area (Å²) in [5, 5.41) is 14.8. The van der Waals surface area contributed by atoms with Gasteiger partial charge in [0.05, 0.1) is 4.88 Å². The van der Waals surface area contributed by atoms with Gasteiger partial charge < -0.3 is 20.6 Å². The van der Waals surface area contributed by atoms with Gasteiger partial charge in [-0.3, -0.25) is 19.5 Å². The Balaban J connectivity index is 0.000000679. The zero-order valence-corrected chi connectivity index (χ0v) is 30.1. The first kappa shape index (κ1) is 38.9. The third kappa shape index (κ3) is 11.1. The molecule has 0 spiro atoms. The molecule has 52 heavy (non-hydrogen) atoms. The van der Waals surface area contributed by atoms with Crippen LogP contribution in [0.4, 0.5) is 13.2 Å². The lowest BCUT2D eigenvalue weighted by atomic mass is 9.94. The molecule has 1 atom stereocenters. The maximum atomic E-state index is 14.1. The van der Waals surface area contributed by atoms with Gasteiger partial charge >= 0.3 is 12.1 Å². The maximum absolute atomic E-state index is 14.1. The summed E-state index contributed by atoms with van der Waals surface area (Å²) in [5.41, 5.74) is 2.85. The second-order valence-electron chi connectivity index (χ2n) is 13.7. The molecule has 2 amide bonds. The Bertz CT molecular complexity index is 1770. The lowest BCUT2D eigenvalue weighted by Gasteiger charge is -2.35. The van der Waals surface area contributed by atoms with Crippen molar-refractivity contribution in [3.05, 3.63) is 101 Å². The molecule has 278 valence electrons. The number of aliphatic carboxylic acids is 1. The van der Waals surface area contributed by atoms with E-state index in [0.29, 0.717) is 17.7 Å². The zero-order chi connectivity index (χ0) is 37.1. The van der Waals surface area contributed by atoms with Crippen molar-refractivity contribution in [2.75, 3.05) is 32.7 Å². The first-order valence-corrected chi connectivity index (χ1v) is 18.5. The molecular formula is C39H46F3N5O4S. The van der Waals surface area contributed by atoms with Crippen LogP contribution >= 0.6 is 11.3 Å². The topological polar surface area (TPSA) is 115 Å². The molecule has 2 aromatic heterocycles. The van der Waals surface area contributed by atoms with E-state index < -0.39 is 17.7 Å². The molecule has 6 rings (SSSR count). The van der Waals surface area contributed by atoms with Crippen LogP contribution in [0, 0.1) is 6.92 Å². The van der Waals surface area contributed by atoms with Crippen LogP contribution < -0.4 is 10.6 Å². The van der Waals surface area contributed by atoms with Crippen LogP contribution in [0.2, 0.25) is 0 Å². The van der Waals surface area contributed by atoms with Gasteiger partial charge in [-0.15, -0.1) is 11.3 Å². The molecule has 2 fully saturated rings. The molecule has 2 aromatic carbocycles. The molecule has 1 saturated heterocycles. The average molecular weight is 738 g/mol. The number of nitrogens with zero attached hydrogens (tertiary/aromatic N) is 3. The SMILES string of the molecule is Cc1ccc2cc(C(=O)NC3(C(=O)N[C@@H](CCCN4CCN(Cc5ccncc5)CC4)Cc4ccccc4)CCCC3)sc2c1.O=C(O)C(F)(F)F. The summed E-state index contributed by atoms with van der Waals surface area (Å²) in [6.45, 7) is 8.32. The monoisotopic (exact) mass is 737 g/mol. The standard InChI is InChI=1S/C37H45N5O2S.C2HF3O2/c1-28-11-12-31-26-34(45-33(31)24-28)35(43)40-37(15-5-6-16-37)36(44)39-32(25-29-8-3-2-4-9-29)10-7-19-41-20-22-42(23-21-41)27-30-13-17-38-18-14-30;3-2(4,5)1(6)7/h2-4,8-9,11-14,17-18,24,26,32H,5-7,10,15-16,19-23,25,27H2,1H3,(H,39,44)(H,40,43);(H,6,7)/t32-;/m0./s1. The number of fused-ring (bicyclic) bond motifs is 1. The normalized spacial score (nSPS) is 16.8. The summed E-state index contributed by atoms with van der Waals surface area (Å²) >= 11 is 1.50.